The van der Waals surface area contributed by atoms with Crippen molar-refractivity contribution in [2.45, 2.75) is 131 Å². The van der Waals surface area contributed by atoms with Gasteiger partial charge in [-0.2, -0.15) is 67.8 Å². The molecule has 9 atom stereocenters. The molecule has 0 amide bonds. The number of ether oxygens (including phenoxy) is 3. The third kappa shape index (κ3) is 15.9. The molecule has 0 aromatic heterocycles. The lowest BCUT2D eigenvalue weighted by Gasteiger charge is -2.17. The van der Waals surface area contributed by atoms with E-state index in [1.807, 2.05) is 4.90 Å². The van der Waals surface area contributed by atoms with Crippen LogP contribution in [-0.2, 0) is 32.9 Å². The van der Waals surface area contributed by atoms with Crippen molar-refractivity contribution in [3.8, 4) is 23.4 Å². The number of carbonyl (C=O) groups excluding carboxylic acids is 2. The number of alkyl halides is 9. The number of Topliss-reactive ketones (excluding diaryl/α,β-unsaturated/α-hetero) is 2. The second kappa shape index (κ2) is 26.3. The molecule has 6 aliphatic rings. The Morgan fingerprint density at radius 2 is 0.961 bits per heavy atom. The number of nitrogens with zero attached hydrogens (tertiary/aromatic N) is 6. The Morgan fingerprint density at radius 1 is 0.610 bits per heavy atom. The van der Waals surface area contributed by atoms with Crippen LogP contribution in [0.2, 0.25) is 15.1 Å². The maximum absolute atomic E-state index is 12.8. The zero-order valence-corrected chi connectivity index (χ0v) is 43.5. The van der Waals surface area contributed by atoms with Gasteiger partial charge in [0.2, 0.25) is 0 Å². The fraction of sp³-hybridized carbons (Fsp3) is 0.520. The highest BCUT2D eigenvalue weighted by Crippen LogP contribution is 2.45. The lowest BCUT2D eigenvalue weighted by molar-refractivity contribution is -0.140. The van der Waals surface area contributed by atoms with Crippen molar-refractivity contribution in [3.63, 3.8) is 0 Å². The first kappa shape index (κ1) is 62.1. The lowest BCUT2D eigenvalue weighted by atomic mass is 9.86. The van der Waals surface area contributed by atoms with Gasteiger partial charge in [0.15, 0.2) is 24.4 Å². The molecule has 6 bridgehead atoms. The number of nitrogens with two attached hydrogens (primary N) is 1. The van der Waals surface area contributed by atoms with Crippen molar-refractivity contribution in [2.75, 3.05) is 19.8 Å². The molecule has 0 spiro atoms. The van der Waals surface area contributed by atoms with E-state index in [-0.39, 0.29) is 109 Å². The standard InChI is InChI=1S/2C17H16ClF3N2O2.C9H6ClF3O3.C7H11N3.ClH/c2*1-22-23-11-2-5-16(23)10(6-11)7-12(24)9-25-13-3-4-15(18)14(8-13)17(19,20)21;10-7-2-1-5(16-4-8(14)15)3-6(7)9(11,12)13;8-4-10-5-1-2-7(10)6(9)3-5;/h2*3-4,8,10-11,16H,2,5-7,9H2;1-3H,4H2,(H,14,15);5-7H,1-3,9H2;1H. The third-order valence-electron chi connectivity index (χ3n) is 14.1. The first-order valence-corrected chi connectivity index (χ1v) is 24.8. The van der Waals surface area contributed by atoms with Crippen LogP contribution in [0, 0.1) is 36.4 Å². The number of hydrogen-bond donors (Lipinski definition) is 2. The molecule has 0 radical (unpaired) electrons. The number of aliphatic carboxylic acids is 1. The number of carboxylic acids is 1. The maximum Gasteiger partial charge on any atom is 0.417 e. The second-order valence-corrected chi connectivity index (χ2v) is 20.1. The molecule has 3 aromatic rings. The summed E-state index contributed by atoms with van der Waals surface area (Å²) in [6, 6.07) is 11.0. The molecule has 6 fully saturated rings. The molecular formula is C50H50Cl4F9N7O7. The van der Waals surface area contributed by atoms with Crippen LogP contribution >= 0.6 is 47.2 Å². The smallest absolute Gasteiger partial charge is 0.417 e. The summed E-state index contributed by atoms with van der Waals surface area (Å²) >= 11 is 16.4. The molecule has 3 aromatic carbocycles. The second-order valence-electron chi connectivity index (χ2n) is 18.9. The highest BCUT2D eigenvalue weighted by atomic mass is 35.5. The molecule has 9 unspecified atom stereocenters. The number of carbonyl (C=O) groups is 3. The Balaban J connectivity index is 0.000000198. The topological polar surface area (TPSA) is 167 Å². The van der Waals surface area contributed by atoms with Crippen molar-refractivity contribution < 1.29 is 73.2 Å². The van der Waals surface area contributed by atoms with Gasteiger partial charge < -0.3 is 30.0 Å². The first-order chi connectivity index (χ1) is 35.7. The van der Waals surface area contributed by atoms with Crippen molar-refractivity contribution in [1.29, 1.82) is 5.26 Å². The molecule has 3 N–H and O–H groups in total. The predicted molar refractivity (Wildman–Crippen MR) is 264 cm³/mol. The summed E-state index contributed by atoms with van der Waals surface area (Å²) in [5.74, 6) is -1.65. The number of carboxylic acid groups (broad SMARTS) is 1. The molecule has 0 aliphatic carbocycles. The average molecular weight is 1170 g/mol. The van der Waals surface area contributed by atoms with Gasteiger partial charge in [-0.05, 0) is 124 Å². The molecule has 9 rings (SSSR count). The van der Waals surface area contributed by atoms with Crippen LogP contribution in [-0.4, -0.2) is 99.7 Å². The van der Waals surface area contributed by atoms with Crippen LogP contribution in [0.25, 0.3) is 9.91 Å². The molecule has 77 heavy (non-hydrogen) atoms. The van der Waals surface area contributed by atoms with Gasteiger partial charge in [0.1, 0.15) is 42.5 Å². The summed E-state index contributed by atoms with van der Waals surface area (Å²) in [6.45, 7) is 13.1. The zero-order chi connectivity index (χ0) is 55.9. The Hall–Kier alpha value is -5.77. The SMILES string of the molecule is Cl.N#CN1C2CCC1C(N)C2.O=C(O)COc1ccc(Cl)c(C(F)(F)F)c1.[C-]#[N+]N1C2CCC1C(CC(=O)COc1ccc(Cl)c(C(F)(F)F)c1)C2.[C-]#[N+]N1C2CCC1C(CC(=O)COc1ccc(Cl)c(C(F)(F)F)c1)C2. The van der Waals surface area contributed by atoms with Gasteiger partial charge in [0.25, 0.3) is 0 Å². The quantitative estimate of drug-likeness (QED) is 0.0946. The Labute approximate surface area is 458 Å². The number of halogens is 13. The average Bonchev–Trinajstić information content (AvgIpc) is 4.23. The largest absolute Gasteiger partial charge is 0.486 e. The van der Waals surface area contributed by atoms with E-state index in [1.54, 1.807) is 10.0 Å². The Kier molecular flexibility index (Phi) is 21.2. The van der Waals surface area contributed by atoms with Gasteiger partial charge in [0.05, 0.1) is 49.9 Å². The van der Waals surface area contributed by atoms with Gasteiger partial charge in [-0.3, -0.25) is 9.59 Å². The Morgan fingerprint density at radius 3 is 1.23 bits per heavy atom. The molecule has 6 heterocycles. The summed E-state index contributed by atoms with van der Waals surface area (Å²) in [5.41, 5.74) is 2.76. The number of rotatable bonds is 13. The van der Waals surface area contributed by atoms with E-state index in [0.717, 1.165) is 81.7 Å². The fourth-order valence-electron chi connectivity index (χ4n) is 10.7. The van der Waals surface area contributed by atoms with E-state index in [2.05, 4.69) is 20.8 Å². The van der Waals surface area contributed by atoms with Gasteiger partial charge >= 0.3 is 24.5 Å². The van der Waals surface area contributed by atoms with Crippen molar-refractivity contribution in [3.05, 3.63) is 109 Å². The van der Waals surface area contributed by atoms with Crippen molar-refractivity contribution in [2.24, 2.45) is 17.6 Å². The lowest BCUT2D eigenvalue weighted by Crippen LogP contribution is -2.34. The first-order valence-electron chi connectivity index (χ1n) is 23.7. The normalized spacial score (nSPS) is 24.3. The molecular weight excluding hydrogens is 1120 g/mol. The number of nitriles is 1. The third-order valence-corrected chi connectivity index (χ3v) is 15.0. The van der Waals surface area contributed by atoms with Crippen LogP contribution in [0.3, 0.4) is 0 Å². The molecule has 6 aliphatic heterocycles. The van der Waals surface area contributed by atoms with Gasteiger partial charge in [-0.1, -0.05) is 34.8 Å². The molecule has 0 saturated carbocycles. The minimum absolute atomic E-state index is 0. The predicted octanol–water partition coefficient (Wildman–Crippen LogP) is 12.0. The van der Waals surface area contributed by atoms with E-state index in [1.165, 1.54) is 24.6 Å². The minimum Gasteiger partial charge on any atom is -0.486 e. The fourth-order valence-corrected chi connectivity index (χ4v) is 11.4. The van der Waals surface area contributed by atoms with E-state index in [4.69, 9.17) is 73.5 Å². The van der Waals surface area contributed by atoms with E-state index < -0.39 is 62.9 Å². The van der Waals surface area contributed by atoms with E-state index >= 15 is 0 Å². The molecule has 6 saturated heterocycles. The van der Waals surface area contributed by atoms with Gasteiger partial charge in [-0.25, -0.2) is 4.79 Å². The van der Waals surface area contributed by atoms with Gasteiger partial charge in [-0.15, -0.1) is 22.4 Å². The zero-order valence-electron chi connectivity index (χ0n) is 40.4. The monoisotopic (exact) mass is 1170 g/mol. The van der Waals surface area contributed by atoms with Crippen LogP contribution in [0.4, 0.5) is 39.5 Å². The van der Waals surface area contributed by atoms with Crippen LogP contribution in [0.5, 0.6) is 17.2 Å². The van der Waals surface area contributed by atoms with Crippen LogP contribution in [0.15, 0.2) is 54.6 Å². The molecule has 14 nitrogen and oxygen atoms in total. The number of benzene rings is 3. The molecule has 418 valence electrons. The van der Waals surface area contributed by atoms with Crippen molar-refractivity contribution >= 4 is 64.7 Å². The van der Waals surface area contributed by atoms with Crippen LogP contribution < -0.4 is 19.9 Å². The van der Waals surface area contributed by atoms with Gasteiger partial charge in [0, 0.05) is 24.9 Å². The summed E-state index contributed by atoms with van der Waals surface area (Å²) in [4.78, 5) is 43.3. The summed E-state index contributed by atoms with van der Waals surface area (Å²) < 4.78 is 129. The highest BCUT2D eigenvalue weighted by molar-refractivity contribution is 6.32. The summed E-state index contributed by atoms with van der Waals surface area (Å²) in [6.07, 6.45) is -2.21. The van der Waals surface area contributed by atoms with E-state index in [0.29, 0.717) is 18.2 Å². The minimum atomic E-state index is -4.60. The summed E-state index contributed by atoms with van der Waals surface area (Å²) in [5, 5.41) is 19.2. The van der Waals surface area contributed by atoms with Crippen LogP contribution in [0.1, 0.15) is 87.3 Å². The maximum atomic E-state index is 12.8. The van der Waals surface area contributed by atoms with Crippen molar-refractivity contribution in [1.82, 2.24) is 14.9 Å². The van der Waals surface area contributed by atoms with E-state index in [9.17, 15) is 53.9 Å². The number of ketones is 2. The number of fused-ring (bicyclic) bond motifs is 6. The summed E-state index contributed by atoms with van der Waals surface area (Å²) in [7, 11) is 0. The Bertz CT molecular complexity index is 2600. The number of hydrogen-bond acceptors (Lipinski definition) is 11. The highest BCUT2D eigenvalue weighted by Gasteiger charge is 2.52. The molecule has 27 heteroatoms.